The van der Waals surface area contributed by atoms with E-state index in [0.717, 1.165) is 5.92 Å². The van der Waals surface area contributed by atoms with E-state index in [-0.39, 0.29) is 18.9 Å². The Morgan fingerprint density at radius 3 is 2.21 bits per heavy atom. The molecule has 2 heteroatoms. The summed E-state index contributed by atoms with van der Waals surface area (Å²) in [5.41, 5.74) is 1.95. The quantitative estimate of drug-likeness (QED) is 0.591. The van der Waals surface area contributed by atoms with Crippen LogP contribution in [-0.4, -0.2) is 25.8 Å². The van der Waals surface area contributed by atoms with Gasteiger partial charge in [0.05, 0.1) is 0 Å². The van der Waals surface area contributed by atoms with Gasteiger partial charge < -0.3 is 0 Å². The van der Waals surface area contributed by atoms with E-state index in [0.29, 0.717) is 5.41 Å². The van der Waals surface area contributed by atoms with Crippen molar-refractivity contribution < 1.29 is 0 Å². The Kier molecular flexibility index (Phi) is 9.85. The monoisotopic (exact) mass is 252 g/mol. The van der Waals surface area contributed by atoms with Crippen LogP contribution in [0.3, 0.4) is 0 Å². The Morgan fingerprint density at radius 1 is 1.11 bits per heavy atom. The predicted octanol–water partition coefficient (Wildman–Crippen LogP) is 4.65. The third kappa shape index (κ3) is 4.51. The minimum absolute atomic E-state index is 0. The fraction of sp³-hybridized carbons (Fsp3) is 0.706. The van der Waals surface area contributed by atoms with Crippen molar-refractivity contribution in [3.8, 4) is 0 Å². The number of unbranched alkanes of at least 4 members (excludes halogenated alkanes) is 1. The maximum absolute atomic E-state index is 2.37. The van der Waals surface area contributed by atoms with Crippen molar-refractivity contribution in [2.45, 2.75) is 71.6 Å². The molecule has 0 aromatic carbocycles. The average Bonchev–Trinajstić information content (AvgIpc) is 2.45. The molecular formula is C17H30BLi. The third-order valence-electron chi connectivity index (χ3n) is 4.79. The van der Waals surface area contributed by atoms with E-state index in [2.05, 4.69) is 58.8 Å². The van der Waals surface area contributed by atoms with Crippen LogP contribution >= 0.6 is 0 Å². The second-order valence-electron chi connectivity index (χ2n) is 5.48. The fourth-order valence-electron chi connectivity index (χ4n) is 3.56. The first kappa shape index (κ1) is 19.0. The van der Waals surface area contributed by atoms with Crippen LogP contribution in [0.2, 0.25) is 0 Å². The zero-order valence-electron chi connectivity index (χ0n) is 12.7. The second kappa shape index (κ2) is 9.84. The van der Waals surface area contributed by atoms with Gasteiger partial charge in [0, 0.05) is 0 Å². The van der Waals surface area contributed by atoms with E-state index in [1.165, 1.54) is 38.5 Å². The van der Waals surface area contributed by atoms with Crippen LogP contribution in [0.1, 0.15) is 71.7 Å². The van der Waals surface area contributed by atoms with Gasteiger partial charge in [0.2, 0.25) is 0 Å². The molecule has 0 N–H and O–H groups in total. The molecule has 0 saturated carbocycles. The van der Waals surface area contributed by atoms with Gasteiger partial charge in [-0.25, -0.2) is 0 Å². The van der Waals surface area contributed by atoms with Gasteiger partial charge in [-0.1, -0.05) is 0 Å². The van der Waals surface area contributed by atoms with E-state index < -0.39 is 0 Å². The van der Waals surface area contributed by atoms with Crippen molar-refractivity contribution in [3.63, 3.8) is 0 Å². The van der Waals surface area contributed by atoms with Crippen LogP contribution in [0.5, 0.6) is 0 Å². The van der Waals surface area contributed by atoms with E-state index in [4.69, 9.17) is 0 Å². The summed E-state index contributed by atoms with van der Waals surface area (Å²) in [6.45, 7) is 11.7. The van der Waals surface area contributed by atoms with Crippen molar-refractivity contribution >= 4 is 25.8 Å². The standard InChI is InChI=1S/C17H29B.Li.H/c1-5-9-12-15(6-2)17(7-3,8-4)16-13-10-11-14-18-16;;/h10-11,13-15H,5-9,12H2,1-4H3;;. The molecule has 0 nitrogen and oxygen atoms in total. The first-order valence-corrected chi connectivity index (χ1v) is 7.80. The first-order valence-electron chi connectivity index (χ1n) is 7.80. The van der Waals surface area contributed by atoms with Crippen molar-refractivity contribution in [1.29, 1.82) is 0 Å². The molecule has 1 atom stereocenters. The number of hydrogen-bond acceptors (Lipinski definition) is 0. The van der Waals surface area contributed by atoms with E-state index >= 15 is 0 Å². The third-order valence-corrected chi connectivity index (χ3v) is 4.79. The molecule has 0 bridgehead atoms. The molecule has 0 aliphatic carbocycles. The molecule has 19 heavy (non-hydrogen) atoms. The fourth-order valence-corrected chi connectivity index (χ4v) is 3.56. The predicted molar refractivity (Wildman–Crippen MR) is 90.5 cm³/mol. The SMILES string of the molecule is CCCCC(CC)C(CC)(CC)c1bcccc1.[LiH]. The average molecular weight is 252 g/mol. The van der Waals surface area contributed by atoms with Crippen LogP contribution in [0.15, 0.2) is 24.2 Å². The summed E-state index contributed by atoms with van der Waals surface area (Å²) in [5, 5.41) is 0. The maximum atomic E-state index is 2.37. The van der Waals surface area contributed by atoms with Crippen LogP contribution < -0.4 is 0 Å². The van der Waals surface area contributed by atoms with Crippen molar-refractivity contribution in [3.05, 3.63) is 29.6 Å². The molecule has 0 saturated heterocycles. The zero-order valence-corrected chi connectivity index (χ0v) is 12.7. The van der Waals surface area contributed by atoms with Crippen molar-refractivity contribution in [1.82, 2.24) is 0 Å². The van der Waals surface area contributed by atoms with Crippen molar-refractivity contribution in [2.24, 2.45) is 5.92 Å². The van der Waals surface area contributed by atoms with E-state index in [1.54, 1.807) is 5.46 Å². The van der Waals surface area contributed by atoms with Crippen LogP contribution in [-0.2, 0) is 5.41 Å². The van der Waals surface area contributed by atoms with Gasteiger partial charge in [0.1, 0.15) is 0 Å². The molecule has 1 rings (SSSR count). The molecule has 1 unspecified atom stereocenters. The molecular weight excluding hydrogens is 222 g/mol. The summed E-state index contributed by atoms with van der Waals surface area (Å²) in [5.74, 6) is 3.02. The van der Waals surface area contributed by atoms with Gasteiger partial charge >= 0.3 is 133 Å². The van der Waals surface area contributed by atoms with E-state index in [1.807, 2.05) is 0 Å². The first-order chi connectivity index (χ1) is 8.75. The molecule has 102 valence electrons. The summed E-state index contributed by atoms with van der Waals surface area (Å²) in [6, 6.07) is 6.66. The summed E-state index contributed by atoms with van der Waals surface area (Å²) in [4.78, 5) is 0. The van der Waals surface area contributed by atoms with Crippen LogP contribution in [0.25, 0.3) is 0 Å². The van der Waals surface area contributed by atoms with Gasteiger partial charge in [-0.15, -0.1) is 0 Å². The summed E-state index contributed by atoms with van der Waals surface area (Å²) in [7, 11) is 0. The second-order valence-corrected chi connectivity index (χ2v) is 5.48. The summed E-state index contributed by atoms with van der Waals surface area (Å²) in [6.07, 6.45) is 7.88. The van der Waals surface area contributed by atoms with Gasteiger partial charge in [0.15, 0.2) is 0 Å². The van der Waals surface area contributed by atoms with Crippen LogP contribution in [0, 0.1) is 5.92 Å². The molecule has 0 radical (unpaired) electrons. The number of rotatable bonds is 8. The van der Waals surface area contributed by atoms with Gasteiger partial charge in [-0.3, -0.25) is 0 Å². The molecule has 0 aliphatic heterocycles. The Balaban J connectivity index is 0.00000324. The summed E-state index contributed by atoms with van der Waals surface area (Å²) < 4.78 is 0. The molecule has 1 heterocycles. The minimum atomic E-state index is 0. The molecule has 1 aromatic rings. The Morgan fingerprint density at radius 2 is 1.79 bits per heavy atom. The zero-order chi connectivity index (χ0) is 13.4. The Labute approximate surface area is 133 Å². The topological polar surface area (TPSA) is 0 Å². The van der Waals surface area contributed by atoms with Gasteiger partial charge in [0.25, 0.3) is 0 Å². The van der Waals surface area contributed by atoms with E-state index in [9.17, 15) is 0 Å². The molecule has 1 aromatic heterocycles. The van der Waals surface area contributed by atoms with Gasteiger partial charge in [-0.2, -0.15) is 0 Å². The Hall–Kier alpha value is 0.0123. The molecule has 0 fully saturated rings. The Bertz CT molecular complexity index is 319. The normalized spacial score (nSPS) is 12.6. The summed E-state index contributed by atoms with van der Waals surface area (Å²) >= 11 is 0. The molecule has 0 spiro atoms. The van der Waals surface area contributed by atoms with Gasteiger partial charge in [-0.05, 0) is 0 Å². The molecule has 0 amide bonds. The van der Waals surface area contributed by atoms with Crippen molar-refractivity contribution in [2.75, 3.05) is 0 Å². The van der Waals surface area contributed by atoms with Crippen LogP contribution in [0.4, 0.5) is 0 Å². The molecule has 0 aliphatic rings. The number of hydrogen-bond donors (Lipinski definition) is 0.